The van der Waals surface area contributed by atoms with Gasteiger partial charge in [-0.3, -0.25) is 0 Å². The fourth-order valence-corrected chi connectivity index (χ4v) is 3.64. The number of unbranched alkanes of at least 4 members (excludes halogenated alkanes) is 4. The number of halogens is 1. The molecule has 4 N–H and O–H groups in total. The Morgan fingerprint density at radius 2 is 1.48 bits per heavy atom. The van der Waals surface area contributed by atoms with Crippen molar-refractivity contribution in [2.24, 2.45) is 5.73 Å². The van der Waals surface area contributed by atoms with E-state index in [4.69, 9.17) is 16.7 Å². The Kier molecular flexibility index (Phi) is 31.3. The van der Waals surface area contributed by atoms with Gasteiger partial charge in [0.25, 0.3) is 0 Å². The molecular weight excluding hydrogens is 541 g/mol. The molecule has 0 aliphatic heterocycles. The summed E-state index contributed by atoms with van der Waals surface area (Å²) in [4.78, 5) is 0. The van der Waals surface area contributed by atoms with Gasteiger partial charge in [0, 0.05) is 5.69 Å². The summed E-state index contributed by atoms with van der Waals surface area (Å²) in [7, 11) is 0. The molecule has 0 unspecified atom stereocenters. The van der Waals surface area contributed by atoms with E-state index in [0.717, 1.165) is 60.1 Å². The van der Waals surface area contributed by atoms with Crippen molar-refractivity contribution in [3.63, 3.8) is 0 Å². The van der Waals surface area contributed by atoms with E-state index in [1.165, 1.54) is 38.2 Å². The fourth-order valence-electron chi connectivity index (χ4n) is 3.64. The van der Waals surface area contributed by atoms with Crippen molar-refractivity contribution in [3.8, 4) is 17.2 Å². The molecule has 0 aliphatic carbocycles. The molecule has 244 valence electrons. The number of benzene rings is 3. The van der Waals surface area contributed by atoms with Gasteiger partial charge in [-0.2, -0.15) is 5.26 Å². The van der Waals surface area contributed by atoms with E-state index < -0.39 is 0 Å². The highest BCUT2D eigenvalue weighted by atomic mass is 19.1. The van der Waals surface area contributed by atoms with Crippen LogP contribution < -0.4 is 11.5 Å². The van der Waals surface area contributed by atoms with Crippen LogP contribution in [0.4, 0.5) is 10.1 Å². The third-order valence-electron chi connectivity index (χ3n) is 6.04. The van der Waals surface area contributed by atoms with Gasteiger partial charge in [-0.1, -0.05) is 136 Å². The molecule has 0 saturated heterocycles. The quantitative estimate of drug-likeness (QED) is 0.137. The average molecular weight is 604 g/mol. The molecule has 3 aromatic carbocycles. The third kappa shape index (κ3) is 21.9. The maximum Gasteiger partial charge on any atom is 0.123 e. The first-order valence-electron chi connectivity index (χ1n) is 15.8. The molecule has 0 amide bonds. The Bertz CT molecular complexity index is 1170. The largest absolute Gasteiger partial charge is 0.398 e. The smallest absolute Gasteiger partial charge is 0.123 e. The molecular formula is C40H62FN3. The predicted molar refractivity (Wildman–Crippen MR) is 197 cm³/mol. The summed E-state index contributed by atoms with van der Waals surface area (Å²) in [6.45, 7) is 20.9. The topological polar surface area (TPSA) is 75.8 Å². The minimum atomic E-state index is -0.133. The van der Waals surface area contributed by atoms with Gasteiger partial charge in [0.05, 0.1) is 11.6 Å². The number of aryl methyl sites for hydroxylation is 1. The van der Waals surface area contributed by atoms with E-state index in [1.54, 1.807) is 18.2 Å². The summed E-state index contributed by atoms with van der Waals surface area (Å²) in [6, 6.07) is 22.3. The lowest BCUT2D eigenvalue weighted by molar-refractivity contribution is 0.625. The van der Waals surface area contributed by atoms with Gasteiger partial charge in [0.15, 0.2) is 0 Å². The Morgan fingerprint density at radius 3 is 1.89 bits per heavy atom. The number of nitrogen functional groups attached to an aromatic ring is 1. The molecule has 4 heteroatoms. The van der Waals surface area contributed by atoms with Crippen LogP contribution in [0.1, 0.15) is 117 Å². The van der Waals surface area contributed by atoms with Crippen molar-refractivity contribution in [1.29, 1.82) is 5.26 Å². The second-order valence-electron chi connectivity index (χ2n) is 10.2. The van der Waals surface area contributed by atoms with Crippen LogP contribution in [0.25, 0.3) is 16.7 Å². The zero-order valence-electron chi connectivity index (χ0n) is 27.9. The van der Waals surface area contributed by atoms with Crippen LogP contribution in [0.5, 0.6) is 0 Å². The molecule has 0 radical (unpaired) electrons. The van der Waals surface area contributed by atoms with Gasteiger partial charge < -0.3 is 11.5 Å². The lowest BCUT2D eigenvalue weighted by Crippen LogP contribution is -1.93. The van der Waals surface area contributed by atoms with Gasteiger partial charge in [0.1, 0.15) is 5.82 Å². The maximum absolute atomic E-state index is 12.5. The van der Waals surface area contributed by atoms with E-state index in [-0.39, 0.29) is 13.2 Å². The Hall–Kier alpha value is -3.68. The number of hydrogen-bond donors (Lipinski definition) is 2. The van der Waals surface area contributed by atoms with Crippen LogP contribution in [0.15, 0.2) is 86.0 Å². The molecule has 3 aromatic rings. The molecule has 0 aliphatic rings. The second kappa shape index (κ2) is 30.8. The van der Waals surface area contributed by atoms with E-state index in [0.29, 0.717) is 11.3 Å². The van der Waals surface area contributed by atoms with Gasteiger partial charge in [-0.05, 0) is 84.8 Å². The molecule has 0 spiro atoms. The first-order valence-corrected chi connectivity index (χ1v) is 15.8. The number of nitriles is 1. The van der Waals surface area contributed by atoms with Crippen molar-refractivity contribution in [1.82, 2.24) is 0 Å². The molecule has 0 aromatic heterocycles. The van der Waals surface area contributed by atoms with Crippen LogP contribution in [0.2, 0.25) is 0 Å². The summed E-state index contributed by atoms with van der Waals surface area (Å²) in [5.74, 6) is -0.133. The van der Waals surface area contributed by atoms with Crippen molar-refractivity contribution >= 4 is 11.3 Å². The maximum atomic E-state index is 12.5. The zero-order valence-corrected chi connectivity index (χ0v) is 27.9. The number of hydrogen-bond acceptors (Lipinski definition) is 3. The number of nitrogens with zero attached hydrogens (tertiary/aromatic N) is 1. The number of nitrogens with two attached hydrogens (primary N) is 2. The molecule has 0 saturated carbocycles. The summed E-state index contributed by atoms with van der Waals surface area (Å²) >= 11 is 0. The lowest BCUT2D eigenvalue weighted by Gasteiger charge is -2.09. The zero-order chi connectivity index (χ0) is 32.9. The highest BCUT2D eigenvalue weighted by Crippen LogP contribution is 2.29. The van der Waals surface area contributed by atoms with Crippen LogP contribution in [0.3, 0.4) is 0 Å². The summed E-state index contributed by atoms with van der Waals surface area (Å²) < 4.78 is 12.5. The lowest BCUT2D eigenvalue weighted by atomic mass is 9.97. The first kappa shape index (κ1) is 44.8. The van der Waals surface area contributed by atoms with Crippen LogP contribution >= 0.6 is 0 Å². The molecule has 0 heterocycles. The Labute approximate surface area is 270 Å². The molecule has 3 rings (SSSR count). The normalized spacial score (nSPS) is 8.98. The SMILES string of the molecule is C.C=C(C)c1ccc(-c2ccccc2C#N)cc1N.C=CCCC.CCCCCC.CCCN.CCCc1cccc(F)c1. The molecule has 3 nitrogen and oxygen atoms in total. The van der Waals surface area contributed by atoms with E-state index in [2.05, 4.69) is 53.8 Å². The Balaban J connectivity index is -0.000000547. The fraction of sp³-hybridized carbons (Fsp3) is 0.425. The summed E-state index contributed by atoms with van der Waals surface area (Å²) in [6.07, 6.45) is 13.0. The van der Waals surface area contributed by atoms with Gasteiger partial charge in [-0.15, -0.1) is 6.58 Å². The minimum absolute atomic E-state index is 0. The van der Waals surface area contributed by atoms with E-state index >= 15 is 0 Å². The second-order valence-corrected chi connectivity index (χ2v) is 10.2. The van der Waals surface area contributed by atoms with E-state index in [9.17, 15) is 4.39 Å². The number of rotatable bonds is 10. The monoisotopic (exact) mass is 603 g/mol. The van der Waals surface area contributed by atoms with Crippen molar-refractivity contribution in [2.75, 3.05) is 12.3 Å². The van der Waals surface area contributed by atoms with Gasteiger partial charge >= 0.3 is 0 Å². The van der Waals surface area contributed by atoms with Crippen LogP contribution in [0, 0.1) is 17.1 Å². The third-order valence-corrected chi connectivity index (χ3v) is 6.04. The summed E-state index contributed by atoms with van der Waals surface area (Å²) in [5, 5.41) is 9.10. The van der Waals surface area contributed by atoms with Gasteiger partial charge in [-0.25, -0.2) is 4.39 Å². The van der Waals surface area contributed by atoms with Crippen molar-refractivity contribution in [2.45, 2.75) is 107 Å². The van der Waals surface area contributed by atoms with Crippen molar-refractivity contribution in [3.05, 3.63) is 108 Å². The first-order chi connectivity index (χ1) is 20.7. The number of anilines is 1. The molecule has 0 bridgehead atoms. The van der Waals surface area contributed by atoms with Gasteiger partial charge in [0.2, 0.25) is 0 Å². The van der Waals surface area contributed by atoms with E-state index in [1.807, 2.05) is 55.5 Å². The number of allylic oxidation sites excluding steroid dienone is 2. The highest BCUT2D eigenvalue weighted by Gasteiger charge is 2.07. The predicted octanol–water partition coefficient (Wildman–Crippen LogP) is 12.2. The van der Waals surface area contributed by atoms with Crippen LogP contribution in [-0.2, 0) is 6.42 Å². The van der Waals surface area contributed by atoms with Crippen LogP contribution in [-0.4, -0.2) is 6.54 Å². The van der Waals surface area contributed by atoms with Crippen molar-refractivity contribution < 1.29 is 4.39 Å². The highest BCUT2D eigenvalue weighted by molar-refractivity contribution is 5.79. The standard InChI is InChI=1S/C16H14N2.C9H11F.C6H14.C5H10.C3H9N.CH4/c1-11(2)14-8-7-12(9-16(14)18)15-6-4-3-5-13(15)10-17;1-2-4-8-5-3-6-9(10)7-8;1-3-5-6-4-2;1-3-5-4-2;1-2-3-4;/h3-9H,1,18H2,2H3;3,5-7H,2,4H2,1H3;3-6H2,1-2H3;3H,1,4-5H2,2H3;2-4H2,1H3;1H4. The molecule has 0 atom stereocenters. The molecule has 0 fully saturated rings. The Morgan fingerprint density at radius 1 is 0.864 bits per heavy atom. The average Bonchev–Trinajstić information content (AvgIpc) is 3.01. The minimum Gasteiger partial charge on any atom is -0.398 e. The summed E-state index contributed by atoms with van der Waals surface area (Å²) in [5.41, 5.74) is 17.2. The molecule has 44 heavy (non-hydrogen) atoms.